The van der Waals surface area contributed by atoms with Crippen molar-refractivity contribution in [1.82, 2.24) is 10.2 Å². The lowest BCUT2D eigenvalue weighted by Gasteiger charge is -2.31. The molecular formula is C14H28N2O5. The first kappa shape index (κ1) is 19.7. The Morgan fingerprint density at radius 2 is 1.86 bits per heavy atom. The molecule has 21 heavy (non-hydrogen) atoms. The molecule has 2 N–H and O–H groups in total. The van der Waals surface area contributed by atoms with Gasteiger partial charge in [-0.05, 0) is 12.8 Å². The number of carbonyl (C=O) groups excluding carboxylic acids is 1. The second-order valence-corrected chi connectivity index (χ2v) is 5.14. The van der Waals surface area contributed by atoms with Crippen LogP contribution >= 0.6 is 0 Å². The van der Waals surface area contributed by atoms with Crippen molar-refractivity contribution in [3.05, 3.63) is 0 Å². The number of carboxylic acid groups (broad SMARTS) is 1. The highest BCUT2D eigenvalue weighted by Crippen LogP contribution is 2.09. The number of urea groups is 1. The number of carbonyl (C=O) groups is 2. The molecule has 0 fully saturated rings. The van der Waals surface area contributed by atoms with E-state index in [9.17, 15) is 14.7 Å². The van der Waals surface area contributed by atoms with Gasteiger partial charge in [-0.2, -0.15) is 0 Å². The van der Waals surface area contributed by atoms with Gasteiger partial charge in [0.1, 0.15) is 6.04 Å². The van der Waals surface area contributed by atoms with Crippen LogP contribution in [0.1, 0.15) is 27.2 Å². The van der Waals surface area contributed by atoms with Crippen LogP contribution in [0.2, 0.25) is 0 Å². The minimum absolute atomic E-state index is 0.145. The fraction of sp³-hybridized carbons (Fsp3) is 0.857. The number of hydrogen-bond acceptors (Lipinski definition) is 4. The third-order valence-corrected chi connectivity index (χ3v) is 3.50. The predicted octanol–water partition coefficient (Wildman–Crippen LogP) is 1.18. The van der Waals surface area contributed by atoms with E-state index in [1.165, 1.54) is 4.90 Å². The Kier molecular flexibility index (Phi) is 9.73. The van der Waals surface area contributed by atoms with Gasteiger partial charge < -0.3 is 24.8 Å². The van der Waals surface area contributed by atoms with E-state index in [4.69, 9.17) is 9.47 Å². The molecule has 2 unspecified atom stereocenters. The number of nitrogens with zero attached hydrogens (tertiary/aromatic N) is 1. The van der Waals surface area contributed by atoms with Crippen molar-refractivity contribution in [2.75, 3.05) is 34.0 Å². The summed E-state index contributed by atoms with van der Waals surface area (Å²) in [4.78, 5) is 25.2. The van der Waals surface area contributed by atoms with Crippen LogP contribution in [0.25, 0.3) is 0 Å². The van der Waals surface area contributed by atoms with E-state index in [0.717, 1.165) is 0 Å². The summed E-state index contributed by atoms with van der Waals surface area (Å²) in [6.45, 7) is 6.67. The van der Waals surface area contributed by atoms with Gasteiger partial charge in [0.2, 0.25) is 0 Å². The summed E-state index contributed by atoms with van der Waals surface area (Å²) in [7, 11) is 3.11. The second kappa shape index (κ2) is 10.4. The molecule has 0 rings (SSSR count). The SMILES string of the molecule is CCC(C)[C@H](NC(=O)N(CCOC)C(C)COC)C(=O)O. The van der Waals surface area contributed by atoms with Crippen molar-refractivity contribution in [1.29, 1.82) is 0 Å². The van der Waals surface area contributed by atoms with Gasteiger partial charge in [0.25, 0.3) is 0 Å². The standard InChI is InChI=1S/C14H28N2O5/c1-6-10(2)12(13(17)18)15-14(19)16(7-8-20-4)11(3)9-21-5/h10-12H,6-9H2,1-5H3,(H,15,19)(H,17,18)/t10?,11?,12-/m0/s1. The topological polar surface area (TPSA) is 88.1 Å². The Morgan fingerprint density at radius 1 is 1.24 bits per heavy atom. The molecule has 7 nitrogen and oxygen atoms in total. The minimum atomic E-state index is -1.02. The Hall–Kier alpha value is -1.34. The average Bonchev–Trinajstić information content (AvgIpc) is 2.44. The number of ether oxygens (including phenoxy) is 2. The minimum Gasteiger partial charge on any atom is -0.480 e. The predicted molar refractivity (Wildman–Crippen MR) is 79.3 cm³/mol. The molecule has 3 atom stereocenters. The highest BCUT2D eigenvalue weighted by molar-refractivity contribution is 5.83. The van der Waals surface area contributed by atoms with Crippen LogP contribution in [-0.4, -0.2) is 68.1 Å². The van der Waals surface area contributed by atoms with Crippen molar-refractivity contribution >= 4 is 12.0 Å². The van der Waals surface area contributed by atoms with E-state index in [-0.39, 0.29) is 12.0 Å². The lowest BCUT2D eigenvalue weighted by atomic mass is 9.99. The fourth-order valence-corrected chi connectivity index (χ4v) is 1.94. The lowest BCUT2D eigenvalue weighted by molar-refractivity contribution is -0.140. The maximum Gasteiger partial charge on any atom is 0.326 e. The van der Waals surface area contributed by atoms with Crippen LogP contribution in [0.3, 0.4) is 0 Å². The zero-order valence-electron chi connectivity index (χ0n) is 13.6. The molecule has 0 aliphatic rings. The monoisotopic (exact) mass is 304 g/mol. The van der Waals surface area contributed by atoms with Crippen molar-refractivity contribution in [3.8, 4) is 0 Å². The summed E-state index contributed by atoms with van der Waals surface area (Å²) < 4.78 is 10.1. The molecule has 0 aliphatic heterocycles. The second-order valence-electron chi connectivity index (χ2n) is 5.14. The van der Waals surface area contributed by atoms with Crippen LogP contribution in [-0.2, 0) is 14.3 Å². The molecule has 0 radical (unpaired) electrons. The van der Waals surface area contributed by atoms with E-state index < -0.39 is 18.0 Å². The van der Waals surface area contributed by atoms with Crippen molar-refractivity contribution in [3.63, 3.8) is 0 Å². The van der Waals surface area contributed by atoms with Gasteiger partial charge in [0.05, 0.1) is 19.3 Å². The summed E-state index contributed by atoms with van der Waals surface area (Å²) in [5, 5.41) is 11.8. The molecule has 0 bridgehead atoms. The first-order valence-corrected chi connectivity index (χ1v) is 7.16. The Bertz CT molecular complexity index is 324. The molecule has 0 aromatic heterocycles. The smallest absolute Gasteiger partial charge is 0.326 e. The molecule has 0 aromatic carbocycles. The third-order valence-electron chi connectivity index (χ3n) is 3.50. The van der Waals surface area contributed by atoms with E-state index in [1.807, 2.05) is 13.8 Å². The molecule has 0 aliphatic carbocycles. The number of nitrogens with one attached hydrogen (secondary N) is 1. The van der Waals surface area contributed by atoms with Crippen molar-refractivity contribution in [2.24, 2.45) is 5.92 Å². The van der Waals surface area contributed by atoms with Crippen LogP contribution in [0, 0.1) is 5.92 Å². The van der Waals surface area contributed by atoms with Gasteiger partial charge in [0.15, 0.2) is 0 Å². The molecule has 0 saturated heterocycles. The molecule has 0 aromatic rings. The molecule has 0 saturated carbocycles. The maximum absolute atomic E-state index is 12.3. The fourth-order valence-electron chi connectivity index (χ4n) is 1.94. The third kappa shape index (κ3) is 6.77. The highest BCUT2D eigenvalue weighted by Gasteiger charge is 2.29. The largest absolute Gasteiger partial charge is 0.480 e. The number of rotatable bonds is 10. The quantitative estimate of drug-likeness (QED) is 0.633. The molecular weight excluding hydrogens is 276 g/mol. The molecule has 7 heteroatoms. The zero-order chi connectivity index (χ0) is 16.4. The van der Waals surface area contributed by atoms with Gasteiger partial charge in [-0.1, -0.05) is 20.3 Å². The average molecular weight is 304 g/mol. The Morgan fingerprint density at radius 3 is 2.29 bits per heavy atom. The number of amides is 2. The van der Waals surface area contributed by atoms with Gasteiger partial charge >= 0.3 is 12.0 Å². The summed E-state index contributed by atoms with van der Waals surface area (Å²) in [5.41, 5.74) is 0. The lowest BCUT2D eigenvalue weighted by Crippen LogP contribution is -2.54. The summed E-state index contributed by atoms with van der Waals surface area (Å²) in [6.07, 6.45) is 0.670. The van der Waals surface area contributed by atoms with Crippen LogP contribution in [0.4, 0.5) is 4.79 Å². The van der Waals surface area contributed by atoms with Gasteiger partial charge in [0, 0.05) is 20.8 Å². The van der Waals surface area contributed by atoms with Gasteiger partial charge in [-0.3, -0.25) is 0 Å². The summed E-state index contributed by atoms with van der Waals surface area (Å²) >= 11 is 0. The van der Waals surface area contributed by atoms with Crippen molar-refractivity contribution < 1.29 is 24.2 Å². The van der Waals surface area contributed by atoms with E-state index in [0.29, 0.717) is 26.2 Å². The van der Waals surface area contributed by atoms with Gasteiger partial charge in [-0.15, -0.1) is 0 Å². The number of carboxylic acids is 1. The molecule has 124 valence electrons. The summed E-state index contributed by atoms with van der Waals surface area (Å²) in [6, 6.07) is -1.48. The number of hydrogen-bond donors (Lipinski definition) is 2. The normalized spacial score (nSPS) is 15.1. The van der Waals surface area contributed by atoms with Crippen LogP contribution < -0.4 is 5.32 Å². The maximum atomic E-state index is 12.3. The van der Waals surface area contributed by atoms with Crippen molar-refractivity contribution in [2.45, 2.75) is 39.3 Å². The zero-order valence-corrected chi connectivity index (χ0v) is 13.6. The van der Waals surface area contributed by atoms with Crippen LogP contribution in [0.5, 0.6) is 0 Å². The Labute approximate surface area is 126 Å². The summed E-state index contributed by atoms with van der Waals surface area (Å²) in [5.74, 6) is -1.17. The van der Waals surface area contributed by atoms with Crippen LogP contribution in [0.15, 0.2) is 0 Å². The number of aliphatic carboxylic acids is 1. The first-order valence-electron chi connectivity index (χ1n) is 7.16. The molecule has 2 amide bonds. The first-order chi connectivity index (χ1) is 9.88. The van der Waals surface area contributed by atoms with Gasteiger partial charge in [-0.25, -0.2) is 9.59 Å². The number of methoxy groups -OCH3 is 2. The Balaban J connectivity index is 4.87. The molecule has 0 spiro atoms. The van der Waals surface area contributed by atoms with E-state index in [1.54, 1.807) is 21.1 Å². The molecule has 0 heterocycles. The highest BCUT2D eigenvalue weighted by atomic mass is 16.5. The van der Waals surface area contributed by atoms with E-state index in [2.05, 4.69) is 5.32 Å². The van der Waals surface area contributed by atoms with E-state index >= 15 is 0 Å².